The largest absolute Gasteiger partial charge is 0.477 e. The van der Waals surface area contributed by atoms with Gasteiger partial charge in [0.25, 0.3) is 5.91 Å². The molecule has 57 heavy (non-hydrogen) atoms. The first-order valence-electron chi connectivity index (χ1n) is 20.1. The molecule has 7 rings (SSSR count). The van der Waals surface area contributed by atoms with Crippen LogP contribution in [0.3, 0.4) is 0 Å². The molecule has 1 aromatic heterocycles. The van der Waals surface area contributed by atoms with Gasteiger partial charge in [-0.3, -0.25) is 19.1 Å². The molecule has 0 spiro atoms. The molecular weight excluding hydrogens is 758 g/mol. The summed E-state index contributed by atoms with van der Waals surface area (Å²) < 4.78 is 58.8. The number of hydrogen-bond donors (Lipinski definition) is 3. The minimum absolute atomic E-state index is 0.00305. The summed E-state index contributed by atoms with van der Waals surface area (Å²) in [5.41, 5.74) is -1.51. The van der Waals surface area contributed by atoms with Crippen molar-refractivity contribution in [1.82, 2.24) is 25.2 Å². The minimum atomic E-state index is -4.39. The topological polar surface area (TPSA) is 182 Å². The zero-order chi connectivity index (χ0) is 40.9. The summed E-state index contributed by atoms with van der Waals surface area (Å²) in [7, 11) is -4.39. The van der Waals surface area contributed by atoms with Crippen LogP contribution >= 0.6 is 0 Å². The number of benzene rings is 1. The van der Waals surface area contributed by atoms with Gasteiger partial charge in [0.15, 0.2) is 0 Å². The van der Waals surface area contributed by atoms with Crippen molar-refractivity contribution in [2.75, 3.05) is 19.8 Å². The Bertz CT molecular complexity index is 2070. The number of sulfonamides is 1. The fourth-order valence-electron chi connectivity index (χ4n) is 8.48. The zero-order valence-corrected chi connectivity index (χ0v) is 34.1. The number of carbonyl (C=O) groups is 4. The molecular formula is C41H54FN5O9S. The number of aryl methyl sites for hydroxylation is 1. The van der Waals surface area contributed by atoms with E-state index in [4.69, 9.17) is 19.2 Å². The van der Waals surface area contributed by atoms with E-state index in [-0.39, 0.29) is 49.9 Å². The van der Waals surface area contributed by atoms with Crippen LogP contribution in [0.25, 0.3) is 10.8 Å². The lowest BCUT2D eigenvalue weighted by Crippen LogP contribution is -2.59. The molecule has 2 aliphatic carbocycles. The molecule has 16 heteroatoms. The van der Waals surface area contributed by atoms with Gasteiger partial charge in [-0.05, 0) is 95.4 Å². The Morgan fingerprint density at radius 1 is 1.12 bits per heavy atom. The Kier molecular flexibility index (Phi) is 11.0. The van der Waals surface area contributed by atoms with Gasteiger partial charge in [-0.25, -0.2) is 17.6 Å². The fraction of sp³-hybridized carbons (Fsp3) is 0.634. The highest BCUT2D eigenvalue weighted by molar-refractivity contribution is 7.91. The van der Waals surface area contributed by atoms with E-state index in [1.165, 1.54) is 4.90 Å². The summed E-state index contributed by atoms with van der Waals surface area (Å²) in [4.78, 5) is 62.7. The Morgan fingerprint density at radius 3 is 2.56 bits per heavy atom. The molecule has 5 aliphatic rings. The minimum Gasteiger partial charge on any atom is -0.477 e. The number of alkyl carbamates (subject to hydrolysis) is 1. The summed E-state index contributed by atoms with van der Waals surface area (Å²) in [6.45, 7) is 8.43. The van der Waals surface area contributed by atoms with Crippen LogP contribution in [0.2, 0.25) is 0 Å². The normalized spacial score (nSPS) is 30.0. The summed E-state index contributed by atoms with van der Waals surface area (Å²) in [6, 6.07) is 5.41. The van der Waals surface area contributed by atoms with E-state index in [0.717, 1.165) is 35.6 Å². The average molecular weight is 812 g/mol. The van der Waals surface area contributed by atoms with Gasteiger partial charge in [-0.15, -0.1) is 0 Å². The van der Waals surface area contributed by atoms with Crippen molar-refractivity contribution in [3.63, 3.8) is 0 Å². The second kappa shape index (κ2) is 15.4. The zero-order valence-electron chi connectivity index (χ0n) is 33.3. The number of amides is 4. The Morgan fingerprint density at radius 2 is 1.86 bits per heavy atom. The smallest absolute Gasteiger partial charge is 0.408 e. The van der Waals surface area contributed by atoms with Crippen LogP contribution in [0.1, 0.15) is 91.5 Å². The Hall–Kier alpha value is -4.47. The molecule has 7 atom stereocenters. The SMILES string of the molecule is CC1CCC=CC2CC2(C(=O)NS(=O)(=O)C2(CF)CC2)NC(=O)C2CC(Oc3nc4c(c5ccccc35)CCCO4)CN2C(=O)C(NC(=O)OC(C)(C)C)C(C)C1. The predicted molar refractivity (Wildman–Crippen MR) is 209 cm³/mol. The van der Waals surface area contributed by atoms with Crippen molar-refractivity contribution >= 4 is 44.6 Å². The first-order chi connectivity index (χ1) is 27.0. The summed E-state index contributed by atoms with van der Waals surface area (Å²) in [5, 5.41) is 7.33. The molecule has 4 heterocycles. The first-order valence-corrected chi connectivity index (χ1v) is 21.6. The van der Waals surface area contributed by atoms with Gasteiger partial charge >= 0.3 is 6.09 Å². The van der Waals surface area contributed by atoms with Crippen LogP contribution in [-0.4, -0.2) is 96.0 Å². The summed E-state index contributed by atoms with van der Waals surface area (Å²) in [6.07, 6.45) is 6.05. The maximum absolute atomic E-state index is 14.9. The van der Waals surface area contributed by atoms with Gasteiger partial charge in [0, 0.05) is 23.3 Å². The van der Waals surface area contributed by atoms with Crippen LogP contribution in [0.15, 0.2) is 36.4 Å². The highest BCUT2D eigenvalue weighted by atomic mass is 32.2. The van der Waals surface area contributed by atoms with Crippen molar-refractivity contribution in [3.05, 3.63) is 42.0 Å². The number of fused-ring (bicyclic) bond motifs is 5. The second-order valence-electron chi connectivity index (χ2n) is 17.7. The molecule has 1 saturated heterocycles. The van der Waals surface area contributed by atoms with Gasteiger partial charge in [0.2, 0.25) is 33.6 Å². The lowest BCUT2D eigenvalue weighted by molar-refractivity contribution is -0.142. The summed E-state index contributed by atoms with van der Waals surface area (Å²) >= 11 is 0. The first kappa shape index (κ1) is 40.7. The third-order valence-corrected chi connectivity index (χ3v) is 14.1. The number of nitrogens with one attached hydrogen (secondary N) is 3. The third kappa shape index (κ3) is 8.28. The van der Waals surface area contributed by atoms with Gasteiger partial charge in [0.05, 0.1) is 13.2 Å². The fourth-order valence-corrected chi connectivity index (χ4v) is 9.91. The Labute approximate surface area is 333 Å². The molecule has 310 valence electrons. The van der Waals surface area contributed by atoms with Crippen molar-refractivity contribution in [2.45, 2.75) is 126 Å². The predicted octanol–water partition coefficient (Wildman–Crippen LogP) is 4.64. The van der Waals surface area contributed by atoms with E-state index in [1.54, 1.807) is 20.8 Å². The lowest BCUT2D eigenvalue weighted by atomic mass is 9.88. The quantitative estimate of drug-likeness (QED) is 0.334. The van der Waals surface area contributed by atoms with Crippen LogP contribution in [-0.2, 0) is 35.6 Å². The van der Waals surface area contributed by atoms with Crippen LogP contribution in [0.4, 0.5) is 9.18 Å². The van der Waals surface area contributed by atoms with Crippen molar-refractivity contribution in [3.8, 4) is 11.8 Å². The van der Waals surface area contributed by atoms with Crippen LogP contribution < -0.4 is 24.8 Å². The molecule has 3 N–H and O–H groups in total. The highest BCUT2D eigenvalue weighted by Crippen LogP contribution is 2.48. The molecule has 7 unspecified atom stereocenters. The highest BCUT2D eigenvalue weighted by Gasteiger charge is 2.64. The summed E-state index contributed by atoms with van der Waals surface area (Å²) in [5.74, 6) is -2.21. The monoisotopic (exact) mass is 811 g/mol. The number of alkyl halides is 1. The molecule has 2 saturated carbocycles. The van der Waals surface area contributed by atoms with Crippen LogP contribution in [0, 0.1) is 17.8 Å². The van der Waals surface area contributed by atoms with Crippen molar-refractivity contribution in [2.24, 2.45) is 17.8 Å². The van der Waals surface area contributed by atoms with Gasteiger partial charge in [-0.1, -0.05) is 44.2 Å². The number of ether oxygens (including phenoxy) is 3. The van der Waals surface area contributed by atoms with E-state index in [9.17, 15) is 32.0 Å². The average Bonchev–Trinajstić information content (AvgIpc) is 4.06. The lowest BCUT2D eigenvalue weighted by Gasteiger charge is -2.33. The second-order valence-corrected chi connectivity index (χ2v) is 19.7. The Balaban J connectivity index is 1.24. The number of carbonyl (C=O) groups excluding carboxylic acids is 4. The molecule has 1 aromatic carbocycles. The maximum atomic E-state index is 14.9. The molecule has 4 amide bonds. The number of aromatic nitrogens is 1. The number of halogens is 1. The number of nitrogens with zero attached hydrogens (tertiary/aromatic N) is 2. The van der Waals surface area contributed by atoms with Gasteiger partial charge in [0.1, 0.15) is 40.7 Å². The standard InChI is InChI=1S/C41H54FN5O9S/c1-24-11-6-7-12-26-21-41(26,37(50)46-57(52,53)40(23-42)16-17-40)45-33(48)31-20-27(22-47(31)36(49)32(25(2)19-24)43-38(51)56-39(3,4)5)55-35-30-14-9-8-13-28(30)29-15-10-18-54-34(29)44-35/h7-9,12-14,24-27,31-32H,6,10-11,15-23H2,1-5H3,(H,43,51)(H,45,48)(H,46,50). The van der Waals surface area contributed by atoms with Gasteiger partial charge < -0.3 is 29.7 Å². The van der Waals surface area contributed by atoms with E-state index < -0.39 is 80.5 Å². The molecule has 0 bridgehead atoms. The number of hydrogen-bond acceptors (Lipinski definition) is 10. The number of pyridine rings is 1. The molecule has 14 nitrogen and oxygen atoms in total. The molecule has 0 radical (unpaired) electrons. The molecule has 2 aromatic rings. The third-order valence-electron chi connectivity index (χ3n) is 12.0. The number of allylic oxidation sites excluding steroid dienone is 1. The van der Waals surface area contributed by atoms with Crippen molar-refractivity contribution in [1.29, 1.82) is 0 Å². The maximum Gasteiger partial charge on any atom is 0.408 e. The van der Waals surface area contributed by atoms with E-state index in [0.29, 0.717) is 25.3 Å². The van der Waals surface area contributed by atoms with Gasteiger partial charge in [-0.2, -0.15) is 4.98 Å². The van der Waals surface area contributed by atoms with Crippen molar-refractivity contribution < 1.29 is 46.2 Å². The molecule has 3 aliphatic heterocycles. The van der Waals surface area contributed by atoms with E-state index in [2.05, 4.69) is 22.3 Å². The van der Waals surface area contributed by atoms with E-state index >= 15 is 0 Å². The van der Waals surface area contributed by atoms with E-state index in [1.807, 2.05) is 43.3 Å². The number of rotatable bonds is 7. The van der Waals surface area contributed by atoms with Crippen LogP contribution in [0.5, 0.6) is 11.8 Å². The molecule has 3 fully saturated rings.